The lowest BCUT2D eigenvalue weighted by molar-refractivity contribution is 0.281. The fraction of sp³-hybridized carbons (Fsp3) is 0.222. The van der Waals surface area contributed by atoms with Crippen LogP contribution in [0.1, 0.15) is 11.1 Å². The molecule has 0 aliphatic heterocycles. The quantitative estimate of drug-likeness (QED) is 0.467. The zero-order chi connectivity index (χ0) is 9.84. The van der Waals surface area contributed by atoms with E-state index in [0.29, 0.717) is 11.3 Å². The highest BCUT2D eigenvalue weighted by atomic mass is 16.5. The van der Waals surface area contributed by atoms with Crippen LogP contribution in [0, 0.1) is 5.41 Å². The first-order valence-corrected chi connectivity index (χ1v) is 3.81. The number of nitrogen functional groups attached to an aromatic ring is 1. The van der Waals surface area contributed by atoms with Crippen molar-refractivity contribution in [3.8, 4) is 5.75 Å². The first-order valence-electron chi connectivity index (χ1n) is 3.81. The Hall–Kier alpha value is -1.55. The highest BCUT2D eigenvalue weighted by Crippen LogP contribution is 2.19. The molecule has 0 aliphatic rings. The van der Waals surface area contributed by atoms with Gasteiger partial charge in [-0.3, -0.25) is 5.41 Å². The summed E-state index contributed by atoms with van der Waals surface area (Å²) >= 11 is 0. The van der Waals surface area contributed by atoms with Gasteiger partial charge in [0.15, 0.2) is 0 Å². The second-order valence-corrected chi connectivity index (χ2v) is 2.61. The Bertz CT molecular complexity index is 323. The summed E-state index contributed by atoms with van der Waals surface area (Å²) in [5.41, 5.74) is 6.60. The van der Waals surface area contributed by atoms with Crippen molar-refractivity contribution in [2.45, 2.75) is 6.61 Å². The van der Waals surface area contributed by atoms with E-state index in [1.807, 2.05) is 0 Å². The van der Waals surface area contributed by atoms with Gasteiger partial charge in [0.2, 0.25) is 0 Å². The van der Waals surface area contributed by atoms with Gasteiger partial charge in [-0.25, -0.2) is 0 Å². The molecule has 0 unspecified atom stereocenters. The van der Waals surface area contributed by atoms with Gasteiger partial charge in [0, 0.05) is 0 Å². The predicted molar refractivity (Wildman–Crippen MR) is 49.9 cm³/mol. The predicted octanol–water partition coefficient (Wildman–Crippen LogP) is 0.472. The Morgan fingerprint density at radius 3 is 2.77 bits per heavy atom. The maximum atomic E-state index is 8.85. The number of ether oxygens (including phenoxy) is 1. The molecular formula is C9H12N2O2. The molecule has 1 aromatic rings. The largest absolute Gasteiger partial charge is 0.496 e. The van der Waals surface area contributed by atoms with E-state index in [0.717, 1.165) is 5.56 Å². The molecule has 0 spiro atoms. The van der Waals surface area contributed by atoms with Crippen LogP contribution in [0.15, 0.2) is 18.2 Å². The summed E-state index contributed by atoms with van der Waals surface area (Å²) in [5.74, 6) is 0.473. The van der Waals surface area contributed by atoms with Crippen molar-refractivity contribution >= 4 is 5.84 Å². The van der Waals surface area contributed by atoms with E-state index in [1.165, 1.54) is 7.11 Å². The fourth-order valence-corrected chi connectivity index (χ4v) is 1.06. The second kappa shape index (κ2) is 3.91. The maximum absolute atomic E-state index is 8.85. The van der Waals surface area contributed by atoms with Crippen molar-refractivity contribution in [3.63, 3.8) is 0 Å². The number of nitrogens with two attached hydrogens (primary N) is 1. The Morgan fingerprint density at radius 1 is 1.62 bits per heavy atom. The van der Waals surface area contributed by atoms with E-state index in [1.54, 1.807) is 18.2 Å². The summed E-state index contributed by atoms with van der Waals surface area (Å²) in [4.78, 5) is 0. The third-order valence-electron chi connectivity index (χ3n) is 1.74. The van der Waals surface area contributed by atoms with Gasteiger partial charge in [-0.1, -0.05) is 6.07 Å². The minimum Gasteiger partial charge on any atom is -0.496 e. The first-order chi connectivity index (χ1) is 6.19. The molecule has 4 heteroatoms. The maximum Gasteiger partial charge on any atom is 0.130 e. The molecule has 70 valence electrons. The molecule has 0 saturated heterocycles. The molecule has 4 N–H and O–H groups in total. The van der Waals surface area contributed by atoms with Crippen LogP contribution in [0.25, 0.3) is 0 Å². The monoisotopic (exact) mass is 180 g/mol. The minimum atomic E-state index is -0.0471. The highest BCUT2D eigenvalue weighted by molar-refractivity contribution is 5.97. The lowest BCUT2D eigenvalue weighted by Gasteiger charge is -2.07. The van der Waals surface area contributed by atoms with E-state index >= 15 is 0 Å². The number of aliphatic hydroxyl groups is 1. The van der Waals surface area contributed by atoms with Crippen molar-refractivity contribution in [2.75, 3.05) is 7.11 Å². The Labute approximate surface area is 76.5 Å². The third kappa shape index (κ3) is 1.97. The normalized spacial score (nSPS) is 9.69. The molecule has 0 amide bonds. The van der Waals surface area contributed by atoms with Crippen molar-refractivity contribution in [1.82, 2.24) is 0 Å². The molecule has 1 rings (SSSR count). The van der Waals surface area contributed by atoms with Gasteiger partial charge in [0.05, 0.1) is 19.3 Å². The molecule has 0 heterocycles. The smallest absolute Gasteiger partial charge is 0.130 e. The van der Waals surface area contributed by atoms with Crippen molar-refractivity contribution in [1.29, 1.82) is 5.41 Å². The number of methoxy groups -OCH3 is 1. The number of nitrogens with one attached hydrogen (secondary N) is 1. The van der Waals surface area contributed by atoms with Crippen LogP contribution in [0.4, 0.5) is 0 Å². The standard InChI is InChI=1S/C9H12N2O2/c1-13-8-4-6(5-12)2-3-7(8)9(10)11/h2-4,12H,5H2,1H3,(H3,10,11). The van der Waals surface area contributed by atoms with Gasteiger partial charge in [0.25, 0.3) is 0 Å². The van der Waals surface area contributed by atoms with E-state index in [9.17, 15) is 0 Å². The van der Waals surface area contributed by atoms with Gasteiger partial charge in [-0.2, -0.15) is 0 Å². The third-order valence-corrected chi connectivity index (χ3v) is 1.74. The van der Waals surface area contributed by atoms with Crippen molar-refractivity contribution in [3.05, 3.63) is 29.3 Å². The number of amidine groups is 1. The van der Waals surface area contributed by atoms with E-state index in [-0.39, 0.29) is 12.4 Å². The van der Waals surface area contributed by atoms with Gasteiger partial charge >= 0.3 is 0 Å². The Balaban J connectivity index is 3.15. The number of rotatable bonds is 3. The van der Waals surface area contributed by atoms with Crippen LogP contribution >= 0.6 is 0 Å². The molecule has 0 radical (unpaired) electrons. The second-order valence-electron chi connectivity index (χ2n) is 2.61. The highest BCUT2D eigenvalue weighted by Gasteiger charge is 2.05. The lowest BCUT2D eigenvalue weighted by atomic mass is 10.1. The summed E-state index contributed by atoms with van der Waals surface area (Å²) in [6.45, 7) is -0.0471. The van der Waals surface area contributed by atoms with Crippen molar-refractivity contribution in [2.24, 2.45) is 5.73 Å². The topological polar surface area (TPSA) is 79.3 Å². The molecule has 1 aromatic carbocycles. The molecular weight excluding hydrogens is 168 g/mol. The van der Waals surface area contributed by atoms with Crippen LogP contribution in [-0.2, 0) is 6.61 Å². The summed E-state index contributed by atoms with van der Waals surface area (Å²) in [6.07, 6.45) is 0. The molecule has 0 aromatic heterocycles. The van der Waals surface area contributed by atoms with E-state index < -0.39 is 0 Å². The fourth-order valence-electron chi connectivity index (χ4n) is 1.06. The summed E-state index contributed by atoms with van der Waals surface area (Å²) in [5, 5.41) is 16.1. The average molecular weight is 180 g/mol. The lowest BCUT2D eigenvalue weighted by Crippen LogP contribution is -2.12. The van der Waals surface area contributed by atoms with Crippen LogP contribution in [0.3, 0.4) is 0 Å². The number of hydrogen-bond donors (Lipinski definition) is 3. The van der Waals surface area contributed by atoms with Crippen LogP contribution in [0.5, 0.6) is 5.75 Å². The number of aliphatic hydroxyl groups excluding tert-OH is 1. The molecule has 4 nitrogen and oxygen atoms in total. The van der Waals surface area contributed by atoms with E-state index in [2.05, 4.69) is 0 Å². The first kappa shape index (κ1) is 9.54. The molecule has 13 heavy (non-hydrogen) atoms. The van der Waals surface area contributed by atoms with Crippen LogP contribution in [-0.4, -0.2) is 18.1 Å². The SMILES string of the molecule is COc1cc(CO)ccc1C(=N)N. The molecule has 0 atom stereocenters. The minimum absolute atomic E-state index is 0.0404. The van der Waals surface area contributed by atoms with Gasteiger partial charge in [-0.15, -0.1) is 0 Å². The van der Waals surface area contributed by atoms with Crippen LogP contribution in [0.2, 0.25) is 0 Å². The molecule has 0 fully saturated rings. The van der Waals surface area contributed by atoms with Crippen LogP contribution < -0.4 is 10.5 Å². The number of benzene rings is 1. The zero-order valence-electron chi connectivity index (χ0n) is 7.37. The van der Waals surface area contributed by atoms with Gasteiger partial charge in [0.1, 0.15) is 11.6 Å². The van der Waals surface area contributed by atoms with E-state index in [4.69, 9.17) is 21.0 Å². The van der Waals surface area contributed by atoms with Gasteiger partial charge < -0.3 is 15.6 Å². The summed E-state index contributed by atoms with van der Waals surface area (Å²) in [7, 11) is 1.50. The molecule has 0 aliphatic carbocycles. The average Bonchev–Trinajstić information content (AvgIpc) is 2.16. The zero-order valence-corrected chi connectivity index (χ0v) is 7.37. The Morgan fingerprint density at radius 2 is 2.31 bits per heavy atom. The van der Waals surface area contributed by atoms with Crippen molar-refractivity contribution < 1.29 is 9.84 Å². The van der Waals surface area contributed by atoms with Gasteiger partial charge in [-0.05, 0) is 17.7 Å². The summed E-state index contributed by atoms with van der Waals surface area (Å²) in [6, 6.07) is 5.03. The Kier molecular flexibility index (Phi) is 2.87. The summed E-state index contributed by atoms with van der Waals surface area (Å²) < 4.78 is 5.02. The number of hydrogen-bond acceptors (Lipinski definition) is 3. The molecule has 0 bridgehead atoms. The molecule has 0 saturated carbocycles.